The maximum atomic E-state index is 6.09. The zero-order chi connectivity index (χ0) is 15.4. The van der Waals surface area contributed by atoms with Gasteiger partial charge in [-0.05, 0) is 75.5 Å². The SMILES string of the molecule is CNC(C)Cc1cc(C)c(Oc2cccc(C)c2)c(C)c1. The molecule has 0 saturated heterocycles. The van der Waals surface area contributed by atoms with E-state index in [4.69, 9.17) is 4.74 Å². The Bertz CT molecular complexity index is 596. The van der Waals surface area contributed by atoms with E-state index >= 15 is 0 Å². The van der Waals surface area contributed by atoms with Gasteiger partial charge >= 0.3 is 0 Å². The number of likely N-dealkylation sites (N-methyl/N-ethyl adjacent to an activating group) is 1. The number of aryl methyl sites for hydroxylation is 3. The molecule has 1 N–H and O–H groups in total. The zero-order valence-corrected chi connectivity index (χ0v) is 13.7. The van der Waals surface area contributed by atoms with Crippen molar-refractivity contribution in [3.05, 3.63) is 58.7 Å². The van der Waals surface area contributed by atoms with Crippen molar-refractivity contribution in [3.8, 4) is 11.5 Å². The van der Waals surface area contributed by atoms with Crippen molar-refractivity contribution in [2.45, 2.75) is 40.2 Å². The molecular weight excluding hydrogens is 258 g/mol. The van der Waals surface area contributed by atoms with Gasteiger partial charge in [0, 0.05) is 6.04 Å². The molecule has 0 aliphatic rings. The highest BCUT2D eigenvalue weighted by atomic mass is 16.5. The van der Waals surface area contributed by atoms with Crippen LogP contribution in [-0.2, 0) is 6.42 Å². The van der Waals surface area contributed by atoms with Crippen LogP contribution in [-0.4, -0.2) is 13.1 Å². The van der Waals surface area contributed by atoms with E-state index in [1.54, 1.807) is 0 Å². The lowest BCUT2D eigenvalue weighted by atomic mass is 10.0. The van der Waals surface area contributed by atoms with E-state index in [-0.39, 0.29) is 0 Å². The molecule has 1 atom stereocenters. The summed E-state index contributed by atoms with van der Waals surface area (Å²) in [6, 6.07) is 13.1. The van der Waals surface area contributed by atoms with E-state index in [9.17, 15) is 0 Å². The van der Waals surface area contributed by atoms with Crippen molar-refractivity contribution in [1.29, 1.82) is 0 Å². The van der Waals surface area contributed by atoms with Crippen LogP contribution in [0, 0.1) is 20.8 Å². The van der Waals surface area contributed by atoms with Crippen LogP contribution >= 0.6 is 0 Å². The Balaban J connectivity index is 2.25. The quantitative estimate of drug-likeness (QED) is 0.869. The van der Waals surface area contributed by atoms with E-state index in [0.29, 0.717) is 6.04 Å². The fraction of sp³-hybridized carbons (Fsp3) is 0.368. The van der Waals surface area contributed by atoms with Gasteiger partial charge in [-0.3, -0.25) is 0 Å². The first-order valence-corrected chi connectivity index (χ1v) is 7.51. The molecule has 0 saturated carbocycles. The van der Waals surface area contributed by atoms with E-state index in [1.165, 1.54) is 22.3 Å². The summed E-state index contributed by atoms with van der Waals surface area (Å²) in [5.74, 6) is 1.87. The van der Waals surface area contributed by atoms with Gasteiger partial charge in [0.1, 0.15) is 11.5 Å². The van der Waals surface area contributed by atoms with Gasteiger partial charge in [0.25, 0.3) is 0 Å². The van der Waals surface area contributed by atoms with Crippen LogP contribution in [0.1, 0.15) is 29.2 Å². The lowest BCUT2D eigenvalue weighted by Crippen LogP contribution is -2.23. The average molecular weight is 283 g/mol. The van der Waals surface area contributed by atoms with Crippen LogP contribution in [0.3, 0.4) is 0 Å². The molecule has 112 valence electrons. The van der Waals surface area contributed by atoms with Gasteiger partial charge in [0.2, 0.25) is 0 Å². The summed E-state index contributed by atoms with van der Waals surface area (Å²) in [7, 11) is 2.00. The van der Waals surface area contributed by atoms with Gasteiger partial charge in [-0.15, -0.1) is 0 Å². The predicted octanol–water partition coefficient (Wildman–Crippen LogP) is 4.55. The van der Waals surface area contributed by atoms with E-state index in [2.05, 4.69) is 57.3 Å². The summed E-state index contributed by atoms with van der Waals surface area (Å²) in [6.45, 7) is 8.51. The molecule has 2 heteroatoms. The van der Waals surface area contributed by atoms with Crippen LogP contribution in [0.2, 0.25) is 0 Å². The Morgan fingerprint density at radius 2 is 1.71 bits per heavy atom. The molecule has 0 fully saturated rings. The van der Waals surface area contributed by atoms with Crippen molar-refractivity contribution < 1.29 is 4.74 Å². The lowest BCUT2D eigenvalue weighted by molar-refractivity contribution is 0.474. The summed E-state index contributed by atoms with van der Waals surface area (Å²) >= 11 is 0. The second-order valence-corrected chi connectivity index (χ2v) is 5.87. The summed E-state index contributed by atoms with van der Waals surface area (Å²) < 4.78 is 6.09. The third-order valence-corrected chi connectivity index (χ3v) is 3.76. The highest BCUT2D eigenvalue weighted by Gasteiger charge is 2.09. The Kier molecular flexibility index (Phi) is 5.03. The number of ether oxygens (including phenoxy) is 1. The zero-order valence-electron chi connectivity index (χ0n) is 13.7. The maximum Gasteiger partial charge on any atom is 0.133 e. The van der Waals surface area contributed by atoms with Crippen molar-refractivity contribution in [2.24, 2.45) is 0 Å². The van der Waals surface area contributed by atoms with Gasteiger partial charge in [0.05, 0.1) is 0 Å². The maximum absolute atomic E-state index is 6.09. The number of hydrogen-bond donors (Lipinski definition) is 1. The Labute approximate surface area is 128 Å². The van der Waals surface area contributed by atoms with Crippen LogP contribution in [0.25, 0.3) is 0 Å². The normalized spacial score (nSPS) is 12.2. The van der Waals surface area contributed by atoms with Crippen molar-refractivity contribution in [1.82, 2.24) is 5.32 Å². The highest BCUT2D eigenvalue weighted by molar-refractivity contribution is 5.46. The smallest absolute Gasteiger partial charge is 0.133 e. The molecule has 1 unspecified atom stereocenters. The molecule has 21 heavy (non-hydrogen) atoms. The molecular formula is C19H25NO. The standard InChI is InChI=1S/C19H25NO/c1-13-7-6-8-18(9-13)21-19-14(2)10-17(11-15(19)3)12-16(4)20-5/h6-11,16,20H,12H2,1-5H3. The first-order chi connectivity index (χ1) is 9.99. The van der Waals surface area contributed by atoms with Crippen molar-refractivity contribution in [3.63, 3.8) is 0 Å². The fourth-order valence-corrected chi connectivity index (χ4v) is 2.57. The molecule has 0 radical (unpaired) electrons. The lowest BCUT2D eigenvalue weighted by Gasteiger charge is -2.16. The molecule has 2 nitrogen and oxygen atoms in total. The number of nitrogens with one attached hydrogen (secondary N) is 1. The molecule has 0 bridgehead atoms. The average Bonchev–Trinajstić information content (AvgIpc) is 2.43. The summed E-state index contributed by atoms with van der Waals surface area (Å²) in [6.07, 6.45) is 1.03. The van der Waals surface area contributed by atoms with Crippen molar-refractivity contribution >= 4 is 0 Å². The van der Waals surface area contributed by atoms with Crippen LogP contribution in [0.15, 0.2) is 36.4 Å². The minimum Gasteiger partial charge on any atom is -0.457 e. The van der Waals surface area contributed by atoms with E-state index < -0.39 is 0 Å². The minimum atomic E-state index is 0.479. The monoisotopic (exact) mass is 283 g/mol. The van der Waals surface area contributed by atoms with Gasteiger partial charge in [0.15, 0.2) is 0 Å². The third kappa shape index (κ3) is 4.08. The van der Waals surface area contributed by atoms with Gasteiger partial charge in [-0.25, -0.2) is 0 Å². The second kappa shape index (κ2) is 6.77. The summed E-state index contributed by atoms with van der Waals surface area (Å²) in [4.78, 5) is 0. The molecule has 0 spiro atoms. The largest absolute Gasteiger partial charge is 0.457 e. The fourth-order valence-electron chi connectivity index (χ4n) is 2.57. The number of rotatable bonds is 5. The van der Waals surface area contributed by atoms with Crippen LogP contribution in [0.4, 0.5) is 0 Å². The molecule has 2 rings (SSSR count). The second-order valence-electron chi connectivity index (χ2n) is 5.87. The predicted molar refractivity (Wildman–Crippen MR) is 89.4 cm³/mol. The number of hydrogen-bond acceptors (Lipinski definition) is 2. The first-order valence-electron chi connectivity index (χ1n) is 7.51. The minimum absolute atomic E-state index is 0.479. The van der Waals surface area contributed by atoms with Gasteiger partial charge < -0.3 is 10.1 Å². The molecule has 0 aromatic heterocycles. The molecule has 0 aliphatic heterocycles. The molecule has 0 amide bonds. The van der Waals surface area contributed by atoms with Gasteiger partial charge in [-0.2, -0.15) is 0 Å². The molecule has 0 aliphatic carbocycles. The van der Waals surface area contributed by atoms with Crippen molar-refractivity contribution in [2.75, 3.05) is 7.05 Å². The first kappa shape index (κ1) is 15.6. The molecule has 2 aromatic carbocycles. The number of benzene rings is 2. The van der Waals surface area contributed by atoms with E-state index in [1.807, 2.05) is 19.2 Å². The highest BCUT2D eigenvalue weighted by Crippen LogP contribution is 2.30. The van der Waals surface area contributed by atoms with Gasteiger partial charge in [-0.1, -0.05) is 24.3 Å². The molecule has 2 aromatic rings. The topological polar surface area (TPSA) is 21.3 Å². The Hall–Kier alpha value is -1.80. The van der Waals surface area contributed by atoms with Crippen LogP contribution < -0.4 is 10.1 Å². The summed E-state index contributed by atoms with van der Waals surface area (Å²) in [5.41, 5.74) is 4.94. The summed E-state index contributed by atoms with van der Waals surface area (Å²) in [5, 5.41) is 3.28. The molecule has 0 heterocycles. The Morgan fingerprint density at radius 1 is 1.05 bits per heavy atom. The van der Waals surface area contributed by atoms with Crippen LogP contribution in [0.5, 0.6) is 11.5 Å². The third-order valence-electron chi connectivity index (χ3n) is 3.76. The van der Waals surface area contributed by atoms with E-state index in [0.717, 1.165) is 17.9 Å². The Morgan fingerprint density at radius 3 is 2.29 bits per heavy atom.